The zero-order chi connectivity index (χ0) is 17.5. The van der Waals surface area contributed by atoms with Gasteiger partial charge in [-0.1, -0.05) is 37.3 Å². The second-order valence-corrected chi connectivity index (χ2v) is 7.27. The molecule has 1 aromatic rings. The topological polar surface area (TPSA) is 62.9 Å². The van der Waals surface area contributed by atoms with Crippen LogP contribution in [0.15, 0.2) is 35.3 Å². The zero-order valence-corrected chi connectivity index (χ0v) is 18.2. The summed E-state index contributed by atoms with van der Waals surface area (Å²) in [5, 5.41) is 3.35. The van der Waals surface area contributed by atoms with Crippen LogP contribution < -0.4 is 11.1 Å². The molecule has 1 aromatic carbocycles. The molecule has 2 aliphatic heterocycles. The maximum Gasteiger partial charge on any atom is 0.188 e. The minimum Gasteiger partial charge on any atom is -0.381 e. The number of guanidine groups is 1. The summed E-state index contributed by atoms with van der Waals surface area (Å²) >= 11 is 0. The number of rotatable bonds is 6. The van der Waals surface area contributed by atoms with Gasteiger partial charge in [-0.3, -0.25) is 9.89 Å². The molecule has 0 bridgehead atoms. The Morgan fingerprint density at radius 1 is 1.31 bits per heavy atom. The number of likely N-dealkylation sites (tertiary alicyclic amines) is 1. The standard InChI is InChI=1S/C20H32N4O.HI/c1-2-24-12-6-9-18(24)15-22-19(21)23-16-20(10-13-25-14-11-20)17-7-4-3-5-8-17;/h3-5,7-8,18H,2,6,9-16H2,1H3,(H3,21,22,23);1H. The van der Waals surface area contributed by atoms with Crippen LogP contribution in [0.3, 0.4) is 0 Å². The van der Waals surface area contributed by atoms with Crippen LogP contribution in [0.4, 0.5) is 0 Å². The van der Waals surface area contributed by atoms with E-state index in [2.05, 4.69) is 47.5 Å². The Hall–Kier alpha value is -0.860. The van der Waals surface area contributed by atoms with Gasteiger partial charge in [-0.05, 0) is 44.3 Å². The molecule has 1 unspecified atom stereocenters. The SMILES string of the molecule is CCN1CCCC1CNC(N)=NCC1(c2ccccc2)CCOCC1.I. The maximum atomic E-state index is 6.18. The van der Waals surface area contributed by atoms with Crippen LogP contribution in [0.25, 0.3) is 0 Å². The summed E-state index contributed by atoms with van der Waals surface area (Å²) in [6.45, 7) is 7.75. The van der Waals surface area contributed by atoms with Gasteiger partial charge in [-0.15, -0.1) is 24.0 Å². The van der Waals surface area contributed by atoms with Gasteiger partial charge in [0.15, 0.2) is 5.96 Å². The van der Waals surface area contributed by atoms with Crippen molar-refractivity contribution in [1.82, 2.24) is 10.2 Å². The molecule has 2 aliphatic rings. The normalized spacial score (nSPS) is 23.4. The highest BCUT2D eigenvalue weighted by Gasteiger charge is 2.34. The van der Waals surface area contributed by atoms with Gasteiger partial charge in [0.05, 0.1) is 6.54 Å². The number of nitrogens with zero attached hydrogens (tertiary/aromatic N) is 2. The summed E-state index contributed by atoms with van der Waals surface area (Å²) in [7, 11) is 0. The second kappa shape index (κ2) is 10.5. The fraction of sp³-hybridized carbons (Fsp3) is 0.650. The van der Waals surface area contributed by atoms with Crippen molar-refractivity contribution >= 4 is 29.9 Å². The summed E-state index contributed by atoms with van der Waals surface area (Å²) in [5.74, 6) is 0.574. The first kappa shape index (κ1) is 21.4. The molecule has 0 spiro atoms. The Labute approximate surface area is 174 Å². The molecule has 2 saturated heterocycles. The minimum atomic E-state index is 0. The molecule has 0 amide bonds. The van der Waals surface area contributed by atoms with Crippen molar-refractivity contribution in [2.45, 2.75) is 44.1 Å². The van der Waals surface area contributed by atoms with Crippen LogP contribution in [0.1, 0.15) is 38.2 Å². The van der Waals surface area contributed by atoms with Crippen molar-refractivity contribution in [2.75, 3.05) is 39.4 Å². The van der Waals surface area contributed by atoms with Gasteiger partial charge in [0.2, 0.25) is 0 Å². The first-order valence-electron chi connectivity index (χ1n) is 9.65. The molecule has 0 radical (unpaired) electrons. The highest BCUT2D eigenvalue weighted by molar-refractivity contribution is 14.0. The van der Waals surface area contributed by atoms with E-state index < -0.39 is 0 Å². The third-order valence-electron chi connectivity index (χ3n) is 5.81. The van der Waals surface area contributed by atoms with Crippen molar-refractivity contribution in [3.63, 3.8) is 0 Å². The van der Waals surface area contributed by atoms with Gasteiger partial charge < -0.3 is 15.8 Å². The fourth-order valence-corrected chi connectivity index (χ4v) is 4.15. The van der Waals surface area contributed by atoms with Crippen molar-refractivity contribution in [3.8, 4) is 0 Å². The summed E-state index contributed by atoms with van der Waals surface area (Å²) in [6.07, 6.45) is 4.54. The van der Waals surface area contributed by atoms with E-state index >= 15 is 0 Å². The molecule has 0 aliphatic carbocycles. The van der Waals surface area contributed by atoms with Crippen molar-refractivity contribution < 1.29 is 4.74 Å². The predicted octanol–water partition coefficient (Wildman–Crippen LogP) is 2.74. The number of benzene rings is 1. The summed E-state index contributed by atoms with van der Waals surface area (Å²) in [5.41, 5.74) is 7.58. The molecule has 2 heterocycles. The maximum absolute atomic E-state index is 6.18. The van der Waals surface area contributed by atoms with E-state index in [1.165, 1.54) is 24.9 Å². The minimum absolute atomic E-state index is 0. The lowest BCUT2D eigenvalue weighted by molar-refractivity contribution is 0.0531. The quantitative estimate of drug-likeness (QED) is 0.380. The lowest BCUT2D eigenvalue weighted by Gasteiger charge is -2.36. The molecule has 6 heteroatoms. The van der Waals surface area contributed by atoms with Gasteiger partial charge in [-0.2, -0.15) is 0 Å². The molecule has 2 fully saturated rings. The number of ether oxygens (including phenoxy) is 1. The van der Waals surface area contributed by atoms with Crippen molar-refractivity contribution in [3.05, 3.63) is 35.9 Å². The third-order valence-corrected chi connectivity index (χ3v) is 5.81. The molecule has 3 rings (SSSR count). The number of hydrogen-bond donors (Lipinski definition) is 2. The van der Waals surface area contributed by atoms with Gasteiger partial charge >= 0.3 is 0 Å². The monoisotopic (exact) mass is 472 g/mol. The van der Waals surface area contributed by atoms with Crippen LogP contribution in [-0.4, -0.2) is 56.3 Å². The Balaban J connectivity index is 0.00000243. The smallest absolute Gasteiger partial charge is 0.188 e. The second-order valence-electron chi connectivity index (χ2n) is 7.27. The molecule has 1 atom stereocenters. The van der Waals surface area contributed by atoms with Crippen molar-refractivity contribution in [1.29, 1.82) is 0 Å². The Morgan fingerprint density at radius 3 is 2.73 bits per heavy atom. The van der Waals surface area contributed by atoms with Crippen LogP contribution in [0.2, 0.25) is 0 Å². The number of nitrogens with two attached hydrogens (primary N) is 1. The van der Waals surface area contributed by atoms with Crippen LogP contribution in [0, 0.1) is 0 Å². The van der Waals surface area contributed by atoms with Crippen LogP contribution >= 0.6 is 24.0 Å². The number of aliphatic imine (C=N–C) groups is 1. The van der Waals surface area contributed by atoms with E-state index in [-0.39, 0.29) is 29.4 Å². The highest BCUT2D eigenvalue weighted by atomic mass is 127. The summed E-state index contributed by atoms with van der Waals surface area (Å²) in [6, 6.07) is 11.3. The lowest BCUT2D eigenvalue weighted by atomic mass is 9.74. The van der Waals surface area contributed by atoms with Crippen LogP contribution in [0.5, 0.6) is 0 Å². The molecular weight excluding hydrogens is 439 g/mol. The molecule has 146 valence electrons. The fourth-order valence-electron chi connectivity index (χ4n) is 4.15. The van der Waals surface area contributed by atoms with E-state index in [0.29, 0.717) is 12.0 Å². The Morgan fingerprint density at radius 2 is 2.04 bits per heavy atom. The molecular formula is C20H33IN4O. The average Bonchev–Trinajstić information content (AvgIpc) is 3.14. The molecule has 0 saturated carbocycles. The third kappa shape index (κ3) is 5.33. The van der Waals surface area contributed by atoms with Gasteiger partial charge in [0, 0.05) is 31.2 Å². The highest BCUT2D eigenvalue weighted by Crippen LogP contribution is 2.35. The predicted molar refractivity (Wildman–Crippen MR) is 118 cm³/mol. The van der Waals surface area contributed by atoms with E-state index in [1.54, 1.807) is 0 Å². The number of hydrogen-bond acceptors (Lipinski definition) is 3. The van der Waals surface area contributed by atoms with Crippen molar-refractivity contribution in [2.24, 2.45) is 10.7 Å². The van der Waals surface area contributed by atoms with E-state index in [4.69, 9.17) is 15.5 Å². The molecule has 26 heavy (non-hydrogen) atoms. The van der Waals surface area contributed by atoms with Gasteiger partial charge in [-0.25, -0.2) is 0 Å². The average molecular weight is 472 g/mol. The first-order chi connectivity index (χ1) is 12.2. The lowest BCUT2D eigenvalue weighted by Crippen LogP contribution is -2.44. The van der Waals surface area contributed by atoms with Crippen LogP contribution in [-0.2, 0) is 10.2 Å². The largest absolute Gasteiger partial charge is 0.381 e. The Kier molecular flexibility index (Phi) is 8.63. The molecule has 5 nitrogen and oxygen atoms in total. The summed E-state index contributed by atoms with van der Waals surface area (Å²) in [4.78, 5) is 7.24. The number of likely N-dealkylation sites (N-methyl/N-ethyl adjacent to an activating group) is 1. The Bertz CT molecular complexity index is 560. The van der Waals surface area contributed by atoms with Gasteiger partial charge in [0.1, 0.15) is 0 Å². The van der Waals surface area contributed by atoms with E-state index in [0.717, 1.165) is 45.7 Å². The zero-order valence-electron chi connectivity index (χ0n) is 15.8. The number of nitrogens with one attached hydrogen (secondary N) is 1. The molecule has 0 aromatic heterocycles. The van der Waals surface area contributed by atoms with E-state index in [9.17, 15) is 0 Å². The first-order valence-corrected chi connectivity index (χ1v) is 9.65. The molecule has 3 N–H and O–H groups in total. The number of halogens is 1. The van der Waals surface area contributed by atoms with Gasteiger partial charge in [0.25, 0.3) is 0 Å². The summed E-state index contributed by atoms with van der Waals surface area (Å²) < 4.78 is 5.59. The van der Waals surface area contributed by atoms with E-state index in [1.807, 2.05) is 0 Å².